The summed E-state index contributed by atoms with van der Waals surface area (Å²) in [6, 6.07) is 18.1. The number of ether oxygens (including phenoxy) is 1. The van der Waals surface area contributed by atoms with Gasteiger partial charge < -0.3 is 10.1 Å². The average molecular weight is 464 g/mol. The van der Waals surface area contributed by atoms with E-state index in [9.17, 15) is 9.18 Å². The summed E-state index contributed by atoms with van der Waals surface area (Å²) in [5, 5.41) is 14.6. The van der Waals surface area contributed by atoms with Gasteiger partial charge in [-0.05, 0) is 84.9 Å². The van der Waals surface area contributed by atoms with E-state index in [0.717, 1.165) is 0 Å². The van der Waals surface area contributed by atoms with Gasteiger partial charge in [0.25, 0.3) is 5.91 Å². The van der Waals surface area contributed by atoms with Crippen LogP contribution in [0.2, 0.25) is 0 Å². The summed E-state index contributed by atoms with van der Waals surface area (Å²) < 4.78 is 18.8. The Morgan fingerprint density at radius 2 is 1.73 bits per heavy atom. The fourth-order valence-corrected chi connectivity index (χ4v) is 3.20. The van der Waals surface area contributed by atoms with Crippen LogP contribution in [0.25, 0.3) is 16.7 Å². The summed E-state index contributed by atoms with van der Waals surface area (Å²) in [6.45, 7) is 4.75. The van der Waals surface area contributed by atoms with Crippen molar-refractivity contribution in [2.45, 2.75) is 13.8 Å². The monoisotopic (exact) mass is 463 g/mol. The molecule has 3 aromatic carbocycles. The smallest absolute Gasteiger partial charge is 0.257 e. The SMILES string of the molecule is CC(C)COc1ccc(C(=O)NC(=S)Nc2ccc3nn(-c4ccc(F)cc4)nc3c2)cc1. The van der Waals surface area contributed by atoms with Crippen LogP contribution in [0.1, 0.15) is 24.2 Å². The molecule has 1 aromatic heterocycles. The van der Waals surface area contributed by atoms with Crippen molar-refractivity contribution in [2.75, 3.05) is 11.9 Å². The van der Waals surface area contributed by atoms with Gasteiger partial charge in [0.1, 0.15) is 22.6 Å². The molecule has 1 amide bonds. The van der Waals surface area contributed by atoms with E-state index in [-0.39, 0.29) is 16.8 Å². The molecular formula is C24H22FN5O2S. The van der Waals surface area contributed by atoms with Crippen LogP contribution >= 0.6 is 12.2 Å². The van der Waals surface area contributed by atoms with E-state index in [1.54, 1.807) is 54.6 Å². The Kier molecular flexibility index (Phi) is 6.60. The van der Waals surface area contributed by atoms with Gasteiger partial charge in [-0.3, -0.25) is 10.1 Å². The van der Waals surface area contributed by atoms with Crippen LogP contribution in [0.15, 0.2) is 66.7 Å². The molecule has 0 saturated heterocycles. The maximum absolute atomic E-state index is 13.1. The lowest BCUT2D eigenvalue weighted by atomic mass is 10.2. The molecule has 0 unspecified atom stereocenters. The first-order valence-electron chi connectivity index (χ1n) is 10.4. The molecule has 4 aromatic rings. The van der Waals surface area contributed by atoms with E-state index >= 15 is 0 Å². The van der Waals surface area contributed by atoms with Gasteiger partial charge in [-0.1, -0.05) is 13.8 Å². The van der Waals surface area contributed by atoms with Gasteiger partial charge in [-0.25, -0.2) is 4.39 Å². The zero-order chi connectivity index (χ0) is 23.4. The van der Waals surface area contributed by atoms with Crippen molar-refractivity contribution >= 4 is 40.0 Å². The maximum atomic E-state index is 13.1. The lowest BCUT2D eigenvalue weighted by Crippen LogP contribution is -2.34. The molecule has 7 nitrogen and oxygen atoms in total. The minimum Gasteiger partial charge on any atom is -0.493 e. The van der Waals surface area contributed by atoms with Crippen molar-refractivity contribution in [3.8, 4) is 11.4 Å². The van der Waals surface area contributed by atoms with Gasteiger partial charge in [-0.2, -0.15) is 4.80 Å². The summed E-state index contributed by atoms with van der Waals surface area (Å²) in [6.07, 6.45) is 0. The molecule has 0 aliphatic carbocycles. The summed E-state index contributed by atoms with van der Waals surface area (Å²) in [4.78, 5) is 13.9. The average Bonchev–Trinajstić information content (AvgIpc) is 3.21. The van der Waals surface area contributed by atoms with E-state index in [4.69, 9.17) is 17.0 Å². The van der Waals surface area contributed by atoms with Crippen LogP contribution in [0, 0.1) is 11.7 Å². The zero-order valence-electron chi connectivity index (χ0n) is 18.1. The first-order chi connectivity index (χ1) is 15.9. The van der Waals surface area contributed by atoms with Crippen molar-refractivity contribution in [3.05, 3.63) is 78.1 Å². The van der Waals surface area contributed by atoms with Gasteiger partial charge >= 0.3 is 0 Å². The van der Waals surface area contributed by atoms with Crippen molar-refractivity contribution in [2.24, 2.45) is 5.92 Å². The topological polar surface area (TPSA) is 81.1 Å². The first kappa shape index (κ1) is 22.3. The lowest BCUT2D eigenvalue weighted by molar-refractivity contribution is 0.0977. The number of nitrogens with one attached hydrogen (secondary N) is 2. The Morgan fingerprint density at radius 1 is 1.03 bits per heavy atom. The molecule has 0 aliphatic rings. The molecule has 0 spiro atoms. The highest BCUT2D eigenvalue weighted by atomic mass is 32.1. The first-order valence-corrected chi connectivity index (χ1v) is 10.8. The molecule has 9 heteroatoms. The molecular weight excluding hydrogens is 441 g/mol. The van der Waals surface area contributed by atoms with Crippen molar-refractivity contribution in [1.82, 2.24) is 20.3 Å². The number of hydrogen-bond donors (Lipinski definition) is 2. The number of rotatable bonds is 6. The van der Waals surface area contributed by atoms with Crippen molar-refractivity contribution < 1.29 is 13.9 Å². The molecule has 2 N–H and O–H groups in total. The number of carbonyl (C=O) groups excluding carboxylic acids is 1. The van der Waals surface area contributed by atoms with Crippen LogP contribution in [-0.4, -0.2) is 32.6 Å². The van der Waals surface area contributed by atoms with Gasteiger partial charge in [0, 0.05) is 11.3 Å². The Labute approximate surface area is 195 Å². The van der Waals surface area contributed by atoms with Crippen molar-refractivity contribution in [3.63, 3.8) is 0 Å². The van der Waals surface area contributed by atoms with Crippen LogP contribution in [0.5, 0.6) is 5.75 Å². The number of nitrogens with zero attached hydrogens (tertiary/aromatic N) is 3. The number of hydrogen-bond acceptors (Lipinski definition) is 5. The van der Waals surface area contributed by atoms with E-state index in [1.165, 1.54) is 16.9 Å². The molecule has 0 atom stereocenters. The molecule has 1 heterocycles. The van der Waals surface area contributed by atoms with E-state index in [2.05, 4.69) is 34.7 Å². The highest BCUT2D eigenvalue weighted by Crippen LogP contribution is 2.18. The Bertz CT molecular complexity index is 1290. The molecule has 4 rings (SSSR count). The second-order valence-corrected chi connectivity index (χ2v) is 8.22. The predicted molar refractivity (Wildman–Crippen MR) is 129 cm³/mol. The molecule has 33 heavy (non-hydrogen) atoms. The summed E-state index contributed by atoms with van der Waals surface area (Å²) in [7, 11) is 0. The highest BCUT2D eigenvalue weighted by Gasteiger charge is 2.10. The van der Waals surface area contributed by atoms with Crippen LogP contribution < -0.4 is 15.4 Å². The number of carbonyl (C=O) groups is 1. The van der Waals surface area contributed by atoms with Gasteiger partial charge in [-0.15, -0.1) is 10.2 Å². The predicted octanol–water partition coefficient (Wildman–Crippen LogP) is 4.72. The van der Waals surface area contributed by atoms with Gasteiger partial charge in [0.15, 0.2) is 5.11 Å². The van der Waals surface area contributed by atoms with E-state index in [1.807, 2.05) is 0 Å². The molecule has 0 bridgehead atoms. The summed E-state index contributed by atoms with van der Waals surface area (Å²) in [5.41, 5.74) is 3.05. The second kappa shape index (κ2) is 9.74. The van der Waals surface area contributed by atoms with Crippen molar-refractivity contribution in [1.29, 1.82) is 0 Å². The third-order valence-electron chi connectivity index (χ3n) is 4.62. The molecule has 0 saturated carbocycles. The van der Waals surface area contributed by atoms with Gasteiger partial charge in [0.05, 0.1) is 12.3 Å². The van der Waals surface area contributed by atoms with Crippen LogP contribution in [0.3, 0.4) is 0 Å². The molecule has 0 fully saturated rings. The second-order valence-electron chi connectivity index (χ2n) is 7.81. The van der Waals surface area contributed by atoms with Gasteiger partial charge in [0.2, 0.25) is 0 Å². The minimum absolute atomic E-state index is 0.158. The number of anilines is 1. The summed E-state index contributed by atoms with van der Waals surface area (Å²) in [5.74, 6) is 0.477. The number of thiocarbonyl (C=S) groups is 1. The van der Waals surface area contributed by atoms with Crippen LogP contribution in [-0.2, 0) is 0 Å². The largest absolute Gasteiger partial charge is 0.493 e. The third-order valence-corrected chi connectivity index (χ3v) is 4.83. The maximum Gasteiger partial charge on any atom is 0.257 e. The Hall–Kier alpha value is -3.85. The fourth-order valence-electron chi connectivity index (χ4n) is 2.99. The summed E-state index contributed by atoms with van der Waals surface area (Å²) >= 11 is 5.28. The van der Waals surface area contributed by atoms with Crippen LogP contribution in [0.4, 0.5) is 10.1 Å². The number of aromatic nitrogens is 3. The molecule has 168 valence electrons. The fraction of sp³-hybridized carbons (Fsp3) is 0.167. The quantitative estimate of drug-likeness (QED) is 0.403. The van der Waals surface area contributed by atoms with E-state index < -0.39 is 0 Å². The minimum atomic E-state index is -0.328. The standard InChI is InChI=1S/C24H22FN5O2S/c1-15(2)14-32-20-10-3-16(4-11-20)23(31)27-24(33)26-18-7-12-21-22(13-18)29-30(28-21)19-8-5-17(25)6-9-19/h3-13,15H,14H2,1-2H3,(H2,26,27,31,33). The number of amides is 1. The lowest BCUT2D eigenvalue weighted by Gasteiger charge is -2.11. The number of benzene rings is 3. The Balaban J connectivity index is 1.39. The highest BCUT2D eigenvalue weighted by molar-refractivity contribution is 7.80. The molecule has 0 radical (unpaired) electrons. The normalized spacial score (nSPS) is 10.9. The zero-order valence-corrected chi connectivity index (χ0v) is 18.9. The molecule has 0 aliphatic heterocycles. The number of fused-ring (bicyclic) bond motifs is 1. The Morgan fingerprint density at radius 3 is 2.42 bits per heavy atom. The number of halogens is 1. The third kappa shape index (κ3) is 5.69. The van der Waals surface area contributed by atoms with E-state index in [0.29, 0.717) is 46.2 Å².